The summed E-state index contributed by atoms with van der Waals surface area (Å²) in [5.41, 5.74) is -0.636. The average molecular weight is 459 g/mol. The Bertz CT molecular complexity index is 958. The van der Waals surface area contributed by atoms with Crippen molar-refractivity contribution in [3.63, 3.8) is 0 Å². The van der Waals surface area contributed by atoms with Crippen LogP contribution in [0.25, 0.3) is 0 Å². The molecule has 0 saturated heterocycles. The molecular formula is C21H24F3NO5S. The number of carbonyl (C=O) groups is 1. The lowest BCUT2D eigenvalue weighted by Gasteiger charge is -2.33. The molecule has 0 radical (unpaired) electrons. The first-order chi connectivity index (χ1) is 14.3. The van der Waals surface area contributed by atoms with Crippen LogP contribution < -0.4 is 0 Å². The number of nitrogens with zero attached hydrogens (tertiary/aromatic N) is 1. The van der Waals surface area contributed by atoms with Gasteiger partial charge in [0.2, 0.25) is 0 Å². The summed E-state index contributed by atoms with van der Waals surface area (Å²) in [5, 5.41) is -0.0290. The van der Waals surface area contributed by atoms with E-state index in [1.807, 2.05) is 0 Å². The number of ether oxygens (including phenoxy) is 1. The number of benzene rings is 2. The van der Waals surface area contributed by atoms with Gasteiger partial charge in [-0.1, -0.05) is 48.5 Å². The van der Waals surface area contributed by atoms with Crippen LogP contribution in [0.15, 0.2) is 65.6 Å². The minimum atomic E-state index is -5.10. The van der Waals surface area contributed by atoms with Gasteiger partial charge in [0.15, 0.2) is 15.9 Å². The van der Waals surface area contributed by atoms with E-state index in [-0.39, 0.29) is 9.96 Å². The van der Waals surface area contributed by atoms with Crippen LogP contribution >= 0.6 is 0 Å². The lowest BCUT2D eigenvalue weighted by Crippen LogP contribution is -2.53. The fourth-order valence-corrected chi connectivity index (χ4v) is 4.03. The molecule has 0 saturated carbocycles. The molecule has 2 aromatic rings. The lowest BCUT2D eigenvalue weighted by atomic mass is 10.2. The highest BCUT2D eigenvalue weighted by Crippen LogP contribution is 2.30. The Labute approximate surface area is 179 Å². The highest BCUT2D eigenvalue weighted by Gasteiger charge is 2.50. The Kier molecular flexibility index (Phi) is 7.72. The first-order valence-electron chi connectivity index (χ1n) is 9.33. The molecule has 0 aliphatic heterocycles. The van der Waals surface area contributed by atoms with Gasteiger partial charge in [-0.3, -0.25) is 4.84 Å². The van der Waals surface area contributed by atoms with Crippen LogP contribution in [0.4, 0.5) is 18.0 Å². The van der Waals surface area contributed by atoms with Crippen LogP contribution in [0.3, 0.4) is 0 Å². The van der Waals surface area contributed by atoms with Gasteiger partial charge in [-0.25, -0.2) is 13.2 Å². The van der Waals surface area contributed by atoms with Gasteiger partial charge in [-0.05, 0) is 38.5 Å². The van der Waals surface area contributed by atoms with Gasteiger partial charge in [0.1, 0.15) is 12.2 Å². The van der Waals surface area contributed by atoms with Crippen LogP contribution in [-0.2, 0) is 26.0 Å². The molecule has 0 heterocycles. The van der Waals surface area contributed by atoms with Crippen LogP contribution in [-0.4, -0.2) is 43.1 Å². The molecule has 1 amide bonds. The zero-order chi connectivity index (χ0) is 23.3. The summed E-state index contributed by atoms with van der Waals surface area (Å²) in [6.07, 6.45) is -6.54. The van der Waals surface area contributed by atoms with Gasteiger partial charge in [0.25, 0.3) is 0 Å². The summed E-state index contributed by atoms with van der Waals surface area (Å²) in [5.74, 6) is -1.42. The van der Waals surface area contributed by atoms with Crippen LogP contribution in [0.2, 0.25) is 0 Å². The number of hydrogen-bond donors (Lipinski definition) is 0. The summed E-state index contributed by atoms with van der Waals surface area (Å²) < 4.78 is 72.2. The van der Waals surface area contributed by atoms with E-state index in [1.54, 1.807) is 30.3 Å². The standard InChI is InChI=1S/C21H24F3NO5S/c1-20(2,3)30-19(26)25(29-14-16-10-6-4-7-11-16)18(21(22,23)24)15-31(27,28)17-12-8-5-9-13-17/h4-13,18H,14-15H2,1-3H3/t18-/m0/s1. The van der Waals surface area contributed by atoms with Crippen molar-refractivity contribution < 1.29 is 36.0 Å². The smallest absolute Gasteiger partial charge is 0.435 e. The lowest BCUT2D eigenvalue weighted by molar-refractivity contribution is -0.258. The van der Waals surface area contributed by atoms with Gasteiger partial charge in [-0.15, -0.1) is 0 Å². The molecule has 31 heavy (non-hydrogen) atoms. The molecule has 0 unspecified atom stereocenters. The summed E-state index contributed by atoms with van der Waals surface area (Å²) in [7, 11) is -4.40. The van der Waals surface area contributed by atoms with Crippen LogP contribution in [0, 0.1) is 0 Å². The molecule has 0 aliphatic rings. The van der Waals surface area contributed by atoms with Gasteiger partial charge in [0.05, 0.1) is 10.6 Å². The Balaban J connectivity index is 2.39. The van der Waals surface area contributed by atoms with Crippen molar-refractivity contribution >= 4 is 15.9 Å². The monoisotopic (exact) mass is 459 g/mol. The number of sulfone groups is 1. The van der Waals surface area contributed by atoms with Gasteiger partial charge in [-0.2, -0.15) is 18.2 Å². The van der Waals surface area contributed by atoms with E-state index in [0.717, 1.165) is 0 Å². The van der Waals surface area contributed by atoms with Gasteiger partial charge >= 0.3 is 12.3 Å². The van der Waals surface area contributed by atoms with E-state index < -0.39 is 46.1 Å². The molecule has 2 rings (SSSR count). The minimum Gasteiger partial charge on any atom is -0.442 e. The number of halogens is 3. The maximum Gasteiger partial charge on any atom is 0.435 e. The normalized spacial score (nSPS) is 13.5. The van der Waals surface area contributed by atoms with E-state index in [1.165, 1.54) is 51.1 Å². The quantitative estimate of drug-likeness (QED) is 0.558. The maximum atomic E-state index is 13.9. The highest BCUT2D eigenvalue weighted by molar-refractivity contribution is 7.91. The van der Waals surface area contributed by atoms with Gasteiger partial charge < -0.3 is 4.74 Å². The molecule has 0 N–H and O–H groups in total. The Morgan fingerprint density at radius 3 is 1.97 bits per heavy atom. The molecule has 1 atom stereocenters. The Hall–Kier alpha value is -2.59. The summed E-state index contributed by atoms with van der Waals surface area (Å²) in [4.78, 5) is 17.5. The molecule has 10 heteroatoms. The van der Waals surface area contributed by atoms with E-state index in [0.29, 0.717) is 5.56 Å². The van der Waals surface area contributed by atoms with Crippen molar-refractivity contribution in [1.82, 2.24) is 5.06 Å². The third-order valence-electron chi connectivity index (χ3n) is 3.93. The second-order valence-corrected chi connectivity index (χ2v) is 9.75. The second kappa shape index (κ2) is 9.69. The molecule has 6 nitrogen and oxygen atoms in total. The number of rotatable bonds is 7. The number of hydroxylamine groups is 2. The molecule has 2 aromatic carbocycles. The predicted molar refractivity (Wildman–Crippen MR) is 108 cm³/mol. The molecule has 0 fully saturated rings. The number of carbonyl (C=O) groups excluding carboxylic acids is 1. The average Bonchev–Trinajstić information content (AvgIpc) is 2.66. The molecule has 0 aromatic heterocycles. The maximum absolute atomic E-state index is 13.9. The predicted octanol–water partition coefficient (Wildman–Crippen LogP) is 4.76. The third-order valence-corrected chi connectivity index (χ3v) is 5.67. The number of hydrogen-bond acceptors (Lipinski definition) is 5. The highest BCUT2D eigenvalue weighted by atomic mass is 32.2. The topological polar surface area (TPSA) is 72.9 Å². The van der Waals surface area contributed by atoms with Crippen molar-refractivity contribution in [2.45, 2.75) is 50.1 Å². The van der Waals surface area contributed by atoms with Crippen molar-refractivity contribution in [1.29, 1.82) is 0 Å². The summed E-state index contributed by atoms with van der Waals surface area (Å²) in [6, 6.07) is 12.1. The second-order valence-electron chi connectivity index (χ2n) is 7.72. The van der Waals surface area contributed by atoms with E-state index in [2.05, 4.69) is 0 Å². The minimum absolute atomic E-state index is 0.0290. The number of amides is 1. The van der Waals surface area contributed by atoms with Crippen LogP contribution in [0.1, 0.15) is 26.3 Å². The number of alkyl halides is 3. The Morgan fingerprint density at radius 2 is 1.48 bits per heavy atom. The zero-order valence-corrected chi connectivity index (χ0v) is 18.1. The molecule has 170 valence electrons. The first kappa shape index (κ1) is 24.7. The third kappa shape index (κ3) is 7.55. The fraction of sp³-hybridized carbons (Fsp3) is 0.381. The van der Waals surface area contributed by atoms with Crippen molar-refractivity contribution in [3.05, 3.63) is 66.2 Å². The molecule has 0 spiro atoms. The summed E-state index contributed by atoms with van der Waals surface area (Å²) >= 11 is 0. The van der Waals surface area contributed by atoms with Crippen molar-refractivity contribution in [3.8, 4) is 0 Å². The van der Waals surface area contributed by atoms with Gasteiger partial charge in [0, 0.05) is 0 Å². The SMILES string of the molecule is CC(C)(C)OC(=O)N(OCc1ccccc1)[C@@H](CS(=O)(=O)c1ccccc1)C(F)(F)F. The first-order valence-corrected chi connectivity index (χ1v) is 11.0. The molecule has 0 bridgehead atoms. The van der Waals surface area contributed by atoms with Crippen molar-refractivity contribution in [2.75, 3.05) is 5.75 Å². The summed E-state index contributed by atoms with van der Waals surface area (Å²) in [6.45, 7) is 4.04. The van der Waals surface area contributed by atoms with E-state index in [9.17, 15) is 26.4 Å². The van der Waals surface area contributed by atoms with E-state index in [4.69, 9.17) is 9.57 Å². The Morgan fingerprint density at radius 1 is 0.968 bits per heavy atom. The fourth-order valence-electron chi connectivity index (χ4n) is 2.52. The zero-order valence-electron chi connectivity index (χ0n) is 17.3. The van der Waals surface area contributed by atoms with Crippen LogP contribution in [0.5, 0.6) is 0 Å². The largest absolute Gasteiger partial charge is 0.442 e. The molecule has 0 aliphatic carbocycles. The van der Waals surface area contributed by atoms with Crippen molar-refractivity contribution in [2.24, 2.45) is 0 Å². The van der Waals surface area contributed by atoms with E-state index >= 15 is 0 Å². The molecular weight excluding hydrogens is 435 g/mol.